The van der Waals surface area contributed by atoms with Crippen molar-refractivity contribution in [2.45, 2.75) is 65.0 Å². The third kappa shape index (κ3) is 13.5. The first-order valence-corrected chi connectivity index (χ1v) is 17.7. The number of hydrogen-bond acceptors (Lipinski definition) is 10. The predicted molar refractivity (Wildman–Crippen MR) is 198 cm³/mol. The SMILES string of the molecule is NC=O.[CH2-]CC(C)N(C=O)C(=O)c1ccc(N2CCN(CC3CCN(c4ccc(C(=O)OCCCC)cc4F)CC3)C(CN(C)C)C2)cc1C.[K+].[OH-]. The first kappa shape index (κ1) is 47.6. The summed E-state index contributed by atoms with van der Waals surface area (Å²) in [5.74, 6) is -0.619. The fourth-order valence-corrected chi connectivity index (χ4v) is 6.65. The van der Waals surface area contributed by atoms with Crippen molar-refractivity contribution in [3.63, 3.8) is 0 Å². The number of esters is 1. The van der Waals surface area contributed by atoms with Gasteiger partial charge in [0.05, 0.1) is 17.9 Å². The quantitative estimate of drug-likeness (QED) is 0.0982. The van der Waals surface area contributed by atoms with Gasteiger partial charge < -0.3 is 37.6 Å². The number of anilines is 2. The molecule has 2 saturated heterocycles. The van der Waals surface area contributed by atoms with Crippen LogP contribution in [-0.2, 0) is 14.3 Å². The Hall–Kier alpha value is -2.43. The molecule has 52 heavy (non-hydrogen) atoms. The summed E-state index contributed by atoms with van der Waals surface area (Å²) >= 11 is 0. The number of unbranched alkanes of at least 4 members (excludes halogenated alkanes) is 1. The molecule has 0 bridgehead atoms. The molecule has 0 saturated carbocycles. The fraction of sp³-hybridized carbons (Fsp3) is 0.553. The standard InChI is InChI=1S/C37H53FN5O4.CH3NO.K.H2O/c1-7-9-20-47-37(46)30-10-13-35(34(38)22-30)40-16-14-29(15-17-40)23-41-18-19-42(25-32(41)24-39(5)6)31-11-12-33(27(3)21-31)36(45)43(26-44)28(4)8-2;2-1-3;;/h10-13,21-22,26,28-29,32H,2,7-9,14-20,23-25H2,1,3-6H3;1H,(H2,2,3);;1H2/q-1;;+1;/p-1. The smallest absolute Gasteiger partial charge is 0.870 e. The predicted octanol–water partition coefficient (Wildman–Crippen LogP) is 1.20. The van der Waals surface area contributed by atoms with Gasteiger partial charge in [0.1, 0.15) is 5.82 Å². The number of nitrogens with zero attached hydrogens (tertiary/aromatic N) is 5. The molecule has 3 N–H and O–H groups in total. The van der Waals surface area contributed by atoms with E-state index in [2.05, 4.69) is 52.4 Å². The Morgan fingerprint density at radius 3 is 2.31 bits per heavy atom. The van der Waals surface area contributed by atoms with E-state index in [1.54, 1.807) is 12.1 Å². The second-order valence-electron chi connectivity index (χ2n) is 13.5. The number of piperidine rings is 1. The summed E-state index contributed by atoms with van der Waals surface area (Å²) in [5, 5.41) is 0. The number of imide groups is 1. The number of aryl methyl sites for hydroxylation is 1. The minimum atomic E-state index is -0.474. The Kier molecular flexibility index (Phi) is 22.0. The van der Waals surface area contributed by atoms with Crippen molar-refractivity contribution in [1.82, 2.24) is 14.7 Å². The summed E-state index contributed by atoms with van der Waals surface area (Å²) in [7, 11) is 4.22. The molecular formula is C38H57FKN6O6-. The molecule has 14 heteroatoms. The molecule has 0 spiro atoms. The van der Waals surface area contributed by atoms with Gasteiger partial charge in [0.25, 0.3) is 5.91 Å². The van der Waals surface area contributed by atoms with E-state index < -0.39 is 5.97 Å². The van der Waals surface area contributed by atoms with Gasteiger partial charge in [-0.25, -0.2) is 9.18 Å². The number of halogens is 1. The van der Waals surface area contributed by atoms with Gasteiger partial charge in [-0.2, -0.15) is 6.42 Å². The maximum atomic E-state index is 15.1. The van der Waals surface area contributed by atoms with Crippen molar-refractivity contribution < 1.29 is 85.2 Å². The molecule has 2 aliphatic rings. The minimum absolute atomic E-state index is 0. The summed E-state index contributed by atoms with van der Waals surface area (Å²) in [6.07, 6.45) is 5.00. The second kappa shape index (κ2) is 24.1. The fourth-order valence-electron chi connectivity index (χ4n) is 6.65. The number of primary amides is 1. The van der Waals surface area contributed by atoms with Crippen LogP contribution in [-0.4, -0.2) is 123 Å². The van der Waals surface area contributed by atoms with Crippen LogP contribution >= 0.6 is 0 Å². The number of hydrogen-bond donors (Lipinski definition) is 1. The van der Waals surface area contributed by atoms with Crippen molar-refractivity contribution >= 4 is 36.1 Å². The van der Waals surface area contributed by atoms with Crippen LogP contribution in [0.2, 0.25) is 0 Å². The largest absolute Gasteiger partial charge is 1.00 e. The van der Waals surface area contributed by atoms with Crippen LogP contribution in [0, 0.1) is 25.6 Å². The van der Waals surface area contributed by atoms with Crippen molar-refractivity contribution in [3.05, 3.63) is 65.8 Å². The third-order valence-electron chi connectivity index (χ3n) is 9.59. The molecule has 12 nitrogen and oxygen atoms in total. The van der Waals surface area contributed by atoms with Gasteiger partial charge in [-0.3, -0.25) is 24.2 Å². The van der Waals surface area contributed by atoms with Crippen molar-refractivity contribution in [2.75, 3.05) is 76.3 Å². The minimum Gasteiger partial charge on any atom is -0.870 e. The van der Waals surface area contributed by atoms with E-state index in [-0.39, 0.29) is 86.6 Å². The van der Waals surface area contributed by atoms with E-state index in [1.807, 2.05) is 32.9 Å². The van der Waals surface area contributed by atoms with Crippen LogP contribution in [0.4, 0.5) is 15.8 Å². The number of nitrogens with two attached hydrogens (primary N) is 1. The van der Waals surface area contributed by atoms with Crippen LogP contribution in [0.3, 0.4) is 0 Å². The Morgan fingerprint density at radius 2 is 1.75 bits per heavy atom. The zero-order chi connectivity index (χ0) is 36.8. The molecular weight excluding hydrogens is 695 g/mol. The first-order chi connectivity index (χ1) is 24.0. The van der Waals surface area contributed by atoms with Crippen LogP contribution in [0.1, 0.15) is 72.2 Å². The number of rotatable bonds is 14. The summed E-state index contributed by atoms with van der Waals surface area (Å²) < 4.78 is 20.3. The maximum Gasteiger partial charge on any atom is 1.00 e. The van der Waals surface area contributed by atoms with Crippen LogP contribution in [0.5, 0.6) is 0 Å². The van der Waals surface area contributed by atoms with Crippen molar-refractivity contribution in [3.8, 4) is 0 Å². The molecule has 2 aromatic carbocycles. The van der Waals surface area contributed by atoms with Crippen LogP contribution in [0.15, 0.2) is 36.4 Å². The summed E-state index contributed by atoms with van der Waals surface area (Å²) in [4.78, 5) is 56.1. The zero-order valence-electron chi connectivity index (χ0n) is 31.9. The second-order valence-corrected chi connectivity index (χ2v) is 13.5. The van der Waals surface area contributed by atoms with Gasteiger partial charge in [-0.15, -0.1) is 0 Å². The number of amides is 3. The van der Waals surface area contributed by atoms with Crippen LogP contribution in [0.25, 0.3) is 0 Å². The van der Waals surface area contributed by atoms with E-state index in [0.29, 0.717) is 42.6 Å². The van der Waals surface area contributed by atoms with Gasteiger partial charge >= 0.3 is 57.4 Å². The number of likely N-dealkylation sites (N-methyl/N-ethyl adjacent to an activating group) is 1. The Labute approximate surface area is 351 Å². The molecule has 2 aromatic rings. The molecule has 0 radical (unpaired) electrons. The molecule has 2 unspecified atom stereocenters. The van der Waals surface area contributed by atoms with Gasteiger partial charge in [0.15, 0.2) is 0 Å². The normalized spacial score (nSPS) is 16.8. The van der Waals surface area contributed by atoms with Crippen molar-refractivity contribution in [1.29, 1.82) is 0 Å². The average molecular weight is 752 g/mol. The molecule has 0 aromatic heterocycles. The Bertz CT molecular complexity index is 1430. The number of carbonyl (C=O) groups is 4. The molecule has 2 heterocycles. The van der Waals surface area contributed by atoms with Gasteiger partial charge in [0.2, 0.25) is 12.8 Å². The number of piperazine rings is 1. The molecule has 0 aliphatic carbocycles. The van der Waals surface area contributed by atoms with E-state index in [4.69, 9.17) is 9.53 Å². The molecule has 3 amide bonds. The van der Waals surface area contributed by atoms with Gasteiger partial charge in [-0.1, -0.05) is 13.3 Å². The Morgan fingerprint density at radius 1 is 1.08 bits per heavy atom. The summed E-state index contributed by atoms with van der Waals surface area (Å²) in [5.41, 5.74) is 7.45. The van der Waals surface area contributed by atoms with Gasteiger partial charge in [-0.05, 0) is 95.1 Å². The molecule has 2 aliphatic heterocycles. The molecule has 2 fully saturated rings. The van der Waals surface area contributed by atoms with Crippen LogP contribution < -0.4 is 66.9 Å². The summed E-state index contributed by atoms with van der Waals surface area (Å²) in [6, 6.07) is 10.7. The van der Waals surface area contributed by atoms with E-state index in [9.17, 15) is 14.4 Å². The summed E-state index contributed by atoms with van der Waals surface area (Å²) in [6.45, 7) is 16.2. The molecule has 4 rings (SSSR count). The maximum absolute atomic E-state index is 15.1. The Balaban J connectivity index is 0.00000261. The zero-order valence-corrected chi connectivity index (χ0v) is 35.1. The molecule has 2 atom stereocenters. The third-order valence-corrected chi connectivity index (χ3v) is 9.59. The van der Waals surface area contributed by atoms with Gasteiger partial charge in [0, 0.05) is 69.1 Å². The monoisotopic (exact) mass is 751 g/mol. The topological polar surface area (TPSA) is 150 Å². The van der Waals surface area contributed by atoms with E-state index in [1.165, 1.54) is 11.0 Å². The first-order valence-electron chi connectivity index (χ1n) is 17.7. The van der Waals surface area contributed by atoms with E-state index >= 15 is 4.39 Å². The number of carbonyl (C=O) groups excluding carboxylic acids is 4. The number of benzene rings is 2. The van der Waals surface area contributed by atoms with E-state index in [0.717, 1.165) is 82.7 Å². The molecule has 284 valence electrons. The van der Waals surface area contributed by atoms with Crippen molar-refractivity contribution in [2.24, 2.45) is 11.7 Å². The average Bonchev–Trinajstić information content (AvgIpc) is 3.09. The number of ether oxygens (including phenoxy) is 1.